The predicted octanol–water partition coefficient (Wildman–Crippen LogP) is 3.64. The quantitative estimate of drug-likeness (QED) is 0.664. The summed E-state index contributed by atoms with van der Waals surface area (Å²) in [5, 5.41) is 19.3. The number of hydrogen-bond donors (Lipinski definition) is 2. The smallest absolute Gasteiger partial charge is 0.304 e. The number of nitriles is 1. The number of aryl methyl sites for hydroxylation is 1. The van der Waals surface area contributed by atoms with Crippen molar-refractivity contribution in [1.82, 2.24) is 4.57 Å². The molecule has 0 bridgehead atoms. The van der Waals surface area contributed by atoms with Crippen LogP contribution in [0.1, 0.15) is 35.6 Å². The molecule has 29 heavy (non-hydrogen) atoms. The number of carboxylic acid groups (broad SMARTS) is 1. The van der Waals surface area contributed by atoms with Gasteiger partial charge in [0.1, 0.15) is 24.2 Å². The van der Waals surface area contributed by atoms with Crippen molar-refractivity contribution in [3.8, 4) is 17.6 Å². The van der Waals surface area contributed by atoms with Gasteiger partial charge in [-0.2, -0.15) is 5.26 Å². The van der Waals surface area contributed by atoms with E-state index in [0.29, 0.717) is 29.4 Å². The first kappa shape index (κ1) is 18.7. The first-order valence-corrected chi connectivity index (χ1v) is 9.35. The summed E-state index contributed by atoms with van der Waals surface area (Å²) < 4.78 is 13.2. The number of nitrogens with two attached hydrogens (primary N) is 1. The zero-order valence-electron chi connectivity index (χ0n) is 16.0. The van der Waals surface area contributed by atoms with Crippen LogP contribution >= 0.6 is 0 Å². The summed E-state index contributed by atoms with van der Waals surface area (Å²) in [6.07, 6.45) is 0.876. The molecule has 0 spiro atoms. The SMILES string of the molecule is COc1ccc(COc2ccc3c(c2)c(N)c2n3CCC2CC(=O)O)cc1C#N. The van der Waals surface area contributed by atoms with Gasteiger partial charge < -0.3 is 24.9 Å². The Balaban J connectivity index is 1.58. The van der Waals surface area contributed by atoms with E-state index in [0.717, 1.165) is 35.1 Å². The Morgan fingerprint density at radius 2 is 2.17 bits per heavy atom. The van der Waals surface area contributed by atoms with E-state index < -0.39 is 5.97 Å². The highest BCUT2D eigenvalue weighted by atomic mass is 16.5. The molecule has 1 unspecified atom stereocenters. The van der Waals surface area contributed by atoms with Crippen LogP contribution in [0.3, 0.4) is 0 Å². The highest BCUT2D eigenvalue weighted by molar-refractivity contribution is 5.95. The maximum atomic E-state index is 11.2. The average molecular weight is 391 g/mol. The molecule has 3 aromatic rings. The zero-order valence-corrected chi connectivity index (χ0v) is 16.0. The third-order valence-corrected chi connectivity index (χ3v) is 5.41. The van der Waals surface area contributed by atoms with Crippen molar-refractivity contribution in [3.63, 3.8) is 0 Å². The van der Waals surface area contributed by atoms with Gasteiger partial charge in [0.2, 0.25) is 0 Å². The van der Waals surface area contributed by atoms with Crippen LogP contribution < -0.4 is 15.2 Å². The number of nitrogens with zero attached hydrogens (tertiary/aromatic N) is 2. The van der Waals surface area contributed by atoms with Crippen LogP contribution in [0.4, 0.5) is 5.69 Å². The molecule has 0 saturated heterocycles. The first-order chi connectivity index (χ1) is 14.0. The minimum Gasteiger partial charge on any atom is -0.495 e. The molecule has 2 aromatic carbocycles. The first-order valence-electron chi connectivity index (χ1n) is 9.35. The molecular formula is C22H21N3O4. The minimum absolute atomic E-state index is 0.0621. The third-order valence-electron chi connectivity index (χ3n) is 5.41. The number of anilines is 1. The number of benzene rings is 2. The van der Waals surface area contributed by atoms with Gasteiger partial charge >= 0.3 is 5.97 Å². The molecule has 1 aliphatic rings. The summed E-state index contributed by atoms with van der Waals surface area (Å²) in [5.41, 5.74) is 10.2. The fourth-order valence-corrected chi connectivity index (χ4v) is 4.08. The van der Waals surface area contributed by atoms with Crippen LogP contribution in [-0.2, 0) is 17.9 Å². The van der Waals surface area contributed by atoms with E-state index in [-0.39, 0.29) is 12.3 Å². The second-order valence-electron chi connectivity index (χ2n) is 7.15. The monoisotopic (exact) mass is 391 g/mol. The Morgan fingerprint density at radius 3 is 2.90 bits per heavy atom. The molecule has 0 saturated carbocycles. The van der Waals surface area contributed by atoms with Gasteiger partial charge in [-0.3, -0.25) is 4.79 Å². The summed E-state index contributed by atoms with van der Waals surface area (Å²) in [4.78, 5) is 11.2. The normalized spacial score (nSPS) is 15.1. The second-order valence-corrected chi connectivity index (χ2v) is 7.15. The molecule has 1 aliphatic heterocycles. The Bertz CT molecular complexity index is 1140. The Morgan fingerprint density at radius 1 is 1.34 bits per heavy atom. The number of carbonyl (C=O) groups is 1. The molecule has 2 heterocycles. The lowest BCUT2D eigenvalue weighted by atomic mass is 9.99. The molecule has 1 atom stereocenters. The van der Waals surface area contributed by atoms with Gasteiger partial charge in [0.05, 0.1) is 30.3 Å². The van der Waals surface area contributed by atoms with E-state index in [1.165, 1.54) is 7.11 Å². The summed E-state index contributed by atoms with van der Waals surface area (Å²) in [6, 6.07) is 13.2. The molecule has 0 radical (unpaired) electrons. The molecular weight excluding hydrogens is 370 g/mol. The van der Waals surface area contributed by atoms with Crippen molar-refractivity contribution >= 4 is 22.6 Å². The van der Waals surface area contributed by atoms with Gasteiger partial charge in [-0.25, -0.2) is 0 Å². The van der Waals surface area contributed by atoms with Crippen LogP contribution in [0.5, 0.6) is 11.5 Å². The average Bonchev–Trinajstić information content (AvgIpc) is 3.25. The highest BCUT2D eigenvalue weighted by Crippen LogP contribution is 2.42. The summed E-state index contributed by atoms with van der Waals surface area (Å²) >= 11 is 0. The van der Waals surface area contributed by atoms with Crippen molar-refractivity contribution in [3.05, 3.63) is 53.2 Å². The number of aromatic nitrogens is 1. The largest absolute Gasteiger partial charge is 0.495 e. The van der Waals surface area contributed by atoms with Gasteiger partial charge in [0.15, 0.2) is 0 Å². The van der Waals surface area contributed by atoms with Crippen molar-refractivity contribution in [2.45, 2.75) is 31.9 Å². The van der Waals surface area contributed by atoms with Gasteiger partial charge in [0.25, 0.3) is 0 Å². The van der Waals surface area contributed by atoms with Crippen molar-refractivity contribution < 1.29 is 19.4 Å². The van der Waals surface area contributed by atoms with Crippen LogP contribution in [0.25, 0.3) is 10.9 Å². The van der Waals surface area contributed by atoms with E-state index in [4.69, 9.17) is 20.3 Å². The topological polar surface area (TPSA) is 110 Å². The second kappa shape index (κ2) is 7.40. The van der Waals surface area contributed by atoms with Gasteiger partial charge in [0, 0.05) is 23.5 Å². The maximum absolute atomic E-state index is 11.2. The maximum Gasteiger partial charge on any atom is 0.304 e. The van der Waals surface area contributed by atoms with Crippen LogP contribution in [0.15, 0.2) is 36.4 Å². The van der Waals surface area contributed by atoms with E-state index in [1.54, 1.807) is 12.1 Å². The molecule has 0 fully saturated rings. The van der Waals surface area contributed by atoms with Gasteiger partial charge in [-0.05, 0) is 42.3 Å². The molecule has 4 rings (SSSR count). The van der Waals surface area contributed by atoms with Crippen LogP contribution in [0, 0.1) is 11.3 Å². The molecule has 1 aromatic heterocycles. The van der Waals surface area contributed by atoms with Crippen LogP contribution in [-0.4, -0.2) is 22.8 Å². The fraction of sp³-hybridized carbons (Fsp3) is 0.273. The molecule has 7 nitrogen and oxygen atoms in total. The predicted molar refractivity (Wildman–Crippen MR) is 108 cm³/mol. The summed E-state index contributed by atoms with van der Waals surface area (Å²) in [6.45, 7) is 1.07. The number of carboxylic acids is 1. The van der Waals surface area contributed by atoms with Crippen LogP contribution in [0.2, 0.25) is 0 Å². The molecule has 7 heteroatoms. The lowest BCUT2D eigenvalue weighted by molar-refractivity contribution is -0.137. The van der Waals surface area contributed by atoms with Gasteiger partial charge in [-0.15, -0.1) is 0 Å². The van der Waals surface area contributed by atoms with Crippen molar-refractivity contribution in [1.29, 1.82) is 5.26 Å². The fourth-order valence-electron chi connectivity index (χ4n) is 4.08. The van der Waals surface area contributed by atoms with E-state index >= 15 is 0 Å². The summed E-state index contributed by atoms with van der Waals surface area (Å²) in [7, 11) is 1.53. The van der Waals surface area contributed by atoms with Crippen molar-refractivity contribution in [2.75, 3.05) is 12.8 Å². The van der Waals surface area contributed by atoms with Gasteiger partial charge in [-0.1, -0.05) is 6.07 Å². The van der Waals surface area contributed by atoms with E-state index in [1.807, 2.05) is 24.3 Å². The molecule has 0 amide bonds. The highest BCUT2D eigenvalue weighted by Gasteiger charge is 2.30. The number of fused-ring (bicyclic) bond motifs is 3. The number of aliphatic carboxylic acids is 1. The Kier molecular flexibility index (Phi) is 4.77. The molecule has 3 N–H and O–H groups in total. The zero-order chi connectivity index (χ0) is 20.5. The Labute approximate surface area is 167 Å². The number of ether oxygens (including phenoxy) is 2. The number of rotatable bonds is 6. The van der Waals surface area contributed by atoms with E-state index in [2.05, 4.69) is 10.6 Å². The third kappa shape index (κ3) is 3.34. The summed E-state index contributed by atoms with van der Waals surface area (Å²) in [5.74, 6) is 0.323. The minimum atomic E-state index is -0.812. The number of nitrogen functional groups attached to an aromatic ring is 1. The number of hydrogen-bond acceptors (Lipinski definition) is 5. The molecule has 0 aliphatic carbocycles. The standard InChI is InChI=1S/C22H21N3O4/c1-28-19-5-2-13(8-15(19)11-23)12-29-16-3-4-18-17(10-16)21(24)22-14(9-20(26)27)6-7-25(18)22/h2-5,8,10,14H,6-7,9,12,24H2,1H3,(H,26,27). The molecule has 148 valence electrons. The van der Waals surface area contributed by atoms with E-state index in [9.17, 15) is 10.1 Å². The van der Waals surface area contributed by atoms with Crippen molar-refractivity contribution in [2.24, 2.45) is 0 Å². The lowest BCUT2D eigenvalue weighted by Crippen LogP contribution is -2.05. The Hall–Kier alpha value is -3.66. The number of methoxy groups -OCH3 is 1. The lowest BCUT2D eigenvalue weighted by Gasteiger charge is -2.09.